The van der Waals surface area contributed by atoms with Crippen LogP contribution in [-0.4, -0.2) is 29.6 Å². The van der Waals surface area contributed by atoms with E-state index in [1.807, 2.05) is 30.3 Å². The number of alkyl halides is 3. The van der Waals surface area contributed by atoms with Gasteiger partial charge in [0, 0.05) is 18.1 Å². The fourth-order valence-corrected chi connectivity index (χ4v) is 3.50. The van der Waals surface area contributed by atoms with Crippen LogP contribution in [0.25, 0.3) is 11.3 Å². The number of hydrogen-bond donors (Lipinski definition) is 0. The second-order valence-electron chi connectivity index (χ2n) is 5.54. The Hall–Kier alpha value is -2.59. The lowest BCUT2D eigenvalue weighted by Gasteiger charge is -2.07. The molecule has 0 radical (unpaired) electrons. The van der Waals surface area contributed by atoms with Crippen molar-refractivity contribution < 1.29 is 13.2 Å². The number of nitrogens with zero attached hydrogens (tertiary/aromatic N) is 6. The number of imidazole rings is 1. The SMILES string of the molecule is FC(F)(F)c1cc(Cl)c2nc(CSc3nnnn3-c3ccccc3)cn2c1. The third-order valence-electron chi connectivity index (χ3n) is 3.67. The molecular formula is C16H10ClF3N6S. The number of rotatable bonds is 4. The quantitative estimate of drug-likeness (QED) is 0.470. The normalized spacial score (nSPS) is 12.0. The smallest absolute Gasteiger partial charge is 0.305 e. The molecule has 0 aliphatic carbocycles. The van der Waals surface area contributed by atoms with Crippen molar-refractivity contribution in [3.8, 4) is 5.69 Å². The van der Waals surface area contributed by atoms with Crippen LogP contribution in [0.1, 0.15) is 11.3 Å². The standard InChI is InChI=1S/C16H10ClF3N6S/c17-13-6-10(16(18,19)20)7-25-8-11(21-14(13)25)9-27-15-22-23-24-26(15)12-4-2-1-3-5-12/h1-8H,9H2. The highest BCUT2D eigenvalue weighted by Crippen LogP contribution is 2.32. The van der Waals surface area contributed by atoms with Crippen LogP contribution < -0.4 is 0 Å². The first-order valence-corrected chi connectivity index (χ1v) is 8.99. The number of para-hydroxylation sites is 1. The maximum absolute atomic E-state index is 12.9. The number of aromatic nitrogens is 6. The number of benzene rings is 1. The van der Waals surface area contributed by atoms with Gasteiger partial charge in [0.1, 0.15) is 0 Å². The third kappa shape index (κ3) is 3.62. The Labute approximate surface area is 160 Å². The lowest BCUT2D eigenvalue weighted by molar-refractivity contribution is -0.137. The van der Waals surface area contributed by atoms with Gasteiger partial charge >= 0.3 is 6.18 Å². The monoisotopic (exact) mass is 410 g/mol. The molecular weight excluding hydrogens is 401 g/mol. The van der Waals surface area contributed by atoms with E-state index in [9.17, 15) is 13.2 Å². The van der Waals surface area contributed by atoms with Crippen LogP contribution in [0, 0.1) is 0 Å². The van der Waals surface area contributed by atoms with Gasteiger partial charge in [-0.3, -0.25) is 0 Å². The van der Waals surface area contributed by atoms with E-state index in [0.717, 1.165) is 18.0 Å². The molecule has 0 N–H and O–H groups in total. The van der Waals surface area contributed by atoms with Crippen molar-refractivity contribution in [2.75, 3.05) is 0 Å². The molecule has 0 saturated heterocycles. The van der Waals surface area contributed by atoms with Gasteiger partial charge in [0.15, 0.2) is 5.65 Å². The van der Waals surface area contributed by atoms with Crippen molar-refractivity contribution in [2.45, 2.75) is 17.1 Å². The Bertz CT molecular complexity index is 1090. The van der Waals surface area contributed by atoms with E-state index in [-0.39, 0.29) is 10.7 Å². The number of tetrazole rings is 1. The Morgan fingerprint density at radius 3 is 2.63 bits per heavy atom. The Morgan fingerprint density at radius 2 is 1.89 bits per heavy atom. The van der Waals surface area contributed by atoms with E-state index in [4.69, 9.17) is 11.6 Å². The minimum atomic E-state index is -4.48. The number of halogens is 4. The van der Waals surface area contributed by atoms with Gasteiger partial charge < -0.3 is 4.40 Å². The third-order valence-corrected chi connectivity index (χ3v) is 4.91. The summed E-state index contributed by atoms with van der Waals surface area (Å²) in [6, 6.07) is 10.2. The highest BCUT2D eigenvalue weighted by atomic mass is 35.5. The van der Waals surface area contributed by atoms with Gasteiger partial charge in [0.2, 0.25) is 5.16 Å². The van der Waals surface area contributed by atoms with E-state index in [1.165, 1.54) is 22.4 Å². The first-order chi connectivity index (χ1) is 12.9. The topological polar surface area (TPSA) is 60.9 Å². The molecule has 4 aromatic rings. The first kappa shape index (κ1) is 17.8. The predicted octanol–water partition coefficient (Wildman–Crippen LogP) is 4.27. The van der Waals surface area contributed by atoms with Gasteiger partial charge in [-0.05, 0) is 28.6 Å². The van der Waals surface area contributed by atoms with Gasteiger partial charge in [-0.25, -0.2) is 4.98 Å². The minimum absolute atomic E-state index is 0.0600. The summed E-state index contributed by atoms with van der Waals surface area (Å²) in [5.41, 5.74) is 0.800. The average molecular weight is 411 g/mol. The lowest BCUT2D eigenvalue weighted by atomic mass is 10.3. The van der Waals surface area contributed by atoms with Crippen molar-refractivity contribution in [3.63, 3.8) is 0 Å². The van der Waals surface area contributed by atoms with Crippen LogP contribution >= 0.6 is 23.4 Å². The maximum Gasteiger partial charge on any atom is 0.417 e. The Balaban J connectivity index is 1.59. The molecule has 0 saturated carbocycles. The number of fused-ring (bicyclic) bond motifs is 1. The molecule has 6 nitrogen and oxygen atoms in total. The number of thioether (sulfide) groups is 1. The van der Waals surface area contributed by atoms with Gasteiger partial charge in [-0.15, -0.1) is 5.10 Å². The highest BCUT2D eigenvalue weighted by molar-refractivity contribution is 7.98. The lowest BCUT2D eigenvalue weighted by Crippen LogP contribution is -2.06. The second kappa shape index (κ2) is 6.86. The van der Waals surface area contributed by atoms with E-state index < -0.39 is 11.7 Å². The summed E-state index contributed by atoms with van der Waals surface area (Å²) in [6.07, 6.45) is -1.99. The minimum Gasteiger partial charge on any atom is -0.305 e. The zero-order valence-corrected chi connectivity index (χ0v) is 15.0. The molecule has 1 aromatic carbocycles. The Kier molecular flexibility index (Phi) is 4.52. The van der Waals surface area contributed by atoms with Crippen molar-refractivity contribution in [3.05, 3.63) is 65.1 Å². The fourth-order valence-electron chi connectivity index (χ4n) is 2.47. The van der Waals surface area contributed by atoms with Crippen LogP contribution in [0.15, 0.2) is 53.9 Å². The highest BCUT2D eigenvalue weighted by Gasteiger charge is 2.31. The fraction of sp³-hybridized carbons (Fsp3) is 0.125. The summed E-state index contributed by atoms with van der Waals surface area (Å²) in [6.45, 7) is 0. The van der Waals surface area contributed by atoms with Gasteiger partial charge in [0.25, 0.3) is 0 Å². The molecule has 0 spiro atoms. The molecule has 11 heteroatoms. The van der Waals surface area contributed by atoms with E-state index in [1.54, 1.807) is 4.68 Å². The summed E-state index contributed by atoms with van der Waals surface area (Å²) in [7, 11) is 0. The number of pyridine rings is 1. The largest absolute Gasteiger partial charge is 0.417 e. The molecule has 3 aromatic heterocycles. The van der Waals surface area contributed by atoms with E-state index >= 15 is 0 Å². The molecule has 0 fully saturated rings. The van der Waals surface area contributed by atoms with E-state index in [2.05, 4.69) is 20.5 Å². The Morgan fingerprint density at radius 1 is 1.11 bits per heavy atom. The zero-order valence-electron chi connectivity index (χ0n) is 13.4. The van der Waals surface area contributed by atoms with Crippen LogP contribution in [0.4, 0.5) is 13.2 Å². The summed E-state index contributed by atoms with van der Waals surface area (Å²) in [5, 5.41) is 12.1. The molecule has 0 amide bonds. The molecule has 0 aliphatic heterocycles. The van der Waals surface area contributed by atoms with Gasteiger partial charge in [0.05, 0.1) is 22.0 Å². The zero-order chi connectivity index (χ0) is 19.0. The van der Waals surface area contributed by atoms with Gasteiger partial charge in [-0.1, -0.05) is 41.6 Å². The molecule has 0 atom stereocenters. The molecule has 4 rings (SSSR count). The van der Waals surface area contributed by atoms with Crippen molar-refractivity contribution in [1.29, 1.82) is 0 Å². The van der Waals surface area contributed by atoms with Crippen LogP contribution in [0.3, 0.4) is 0 Å². The summed E-state index contributed by atoms with van der Waals surface area (Å²) >= 11 is 7.28. The first-order valence-electron chi connectivity index (χ1n) is 7.63. The summed E-state index contributed by atoms with van der Waals surface area (Å²) < 4.78 is 41.6. The van der Waals surface area contributed by atoms with Crippen LogP contribution in [0.2, 0.25) is 5.02 Å². The maximum atomic E-state index is 12.9. The molecule has 3 heterocycles. The average Bonchev–Trinajstić information content (AvgIpc) is 3.26. The predicted molar refractivity (Wildman–Crippen MR) is 93.9 cm³/mol. The van der Waals surface area contributed by atoms with Crippen molar-refractivity contribution in [2.24, 2.45) is 0 Å². The van der Waals surface area contributed by atoms with Crippen molar-refractivity contribution >= 4 is 29.0 Å². The second-order valence-corrected chi connectivity index (χ2v) is 6.88. The van der Waals surface area contributed by atoms with E-state index in [0.29, 0.717) is 16.6 Å². The molecule has 138 valence electrons. The summed E-state index contributed by atoms with van der Waals surface area (Å²) in [5.74, 6) is 0.368. The summed E-state index contributed by atoms with van der Waals surface area (Å²) in [4.78, 5) is 4.30. The van der Waals surface area contributed by atoms with Crippen molar-refractivity contribution in [1.82, 2.24) is 29.6 Å². The molecule has 0 aliphatic rings. The molecule has 0 bridgehead atoms. The molecule has 27 heavy (non-hydrogen) atoms. The van der Waals surface area contributed by atoms with Gasteiger partial charge in [-0.2, -0.15) is 17.9 Å². The molecule has 0 unspecified atom stereocenters. The van der Waals surface area contributed by atoms with Crippen LogP contribution in [0.5, 0.6) is 0 Å². The number of hydrogen-bond acceptors (Lipinski definition) is 5. The van der Waals surface area contributed by atoms with Crippen LogP contribution in [-0.2, 0) is 11.9 Å².